The topological polar surface area (TPSA) is 85.8 Å². The van der Waals surface area contributed by atoms with E-state index in [1.165, 1.54) is 16.8 Å². The summed E-state index contributed by atoms with van der Waals surface area (Å²) in [6.45, 7) is 0.541. The summed E-state index contributed by atoms with van der Waals surface area (Å²) >= 11 is 6.12. The molecule has 0 saturated carbocycles. The molecule has 25 heavy (non-hydrogen) atoms. The van der Waals surface area contributed by atoms with Crippen molar-refractivity contribution in [2.75, 3.05) is 5.73 Å². The van der Waals surface area contributed by atoms with Crippen LogP contribution in [0.3, 0.4) is 0 Å². The minimum absolute atomic E-state index is 0.0363. The van der Waals surface area contributed by atoms with Gasteiger partial charge in [0.25, 0.3) is 5.91 Å². The molecule has 0 bridgehead atoms. The SMILES string of the molecule is Nc1c(C(=O)NCc2ccc(F)cc2)nnn1Cc1ccccc1Cl. The van der Waals surface area contributed by atoms with Crippen LogP contribution in [0.5, 0.6) is 0 Å². The van der Waals surface area contributed by atoms with Crippen LogP contribution in [0.4, 0.5) is 10.2 Å². The Kier molecular flexibility index (Phi) is 4.95. The Morgan fingerprint density at radius 3 is 2.64 bits per heavy atom. The first kappa shape index (κ1) is 16.9. The largest absolute Gasteiger partial charge is 0.382 e. The van der Waals surface area contributed by atoms with Crippen LogP contribution in [0.1, 0.15) is 21.6 Å². The third-order valence-corrected chi connectivity index (χ3v) is 4.00. The van der Waals surface area contributed by atoms with Crippen molar-refractivity contribution < 1.29 is 9.18 Å². The number of nitrogen functional groups attached to an aromatic ring is 1. The van der Waals surface area contributed by atoms with E-state index in [4.69, 9.17) is 17.3 Å². The zero-order valence-corrected chi connectivity index (χ0v) is 13.9. The highest BCUT2D eigenvalue weighted by atomic mass is 35.5. The lowest BCUT2D eigenvalue weighted by atomic mass is 10.2. The number of hydrogen-bond acceptors (Lipinski definition) is 4. The highest BCUT2D eigenvalue weighted by Crippen LogP contribution is 2.18. The maximum absolute atomic E-state index is 12.9. The van der Waals surface area contributed by atoms with Crippen molar-refractivity contribution in [3.8, 4) is 0 Å². The molecule has 3 rings (SSSR count). The molecule has 0 spiro atoms. The Labute approximate surface area is 148 Å². The van der Waals surface area contributed by atoms with E-state index in [0.29, 0.717) is 11.6 Å². The van der Waals surface area contributed by atoms with Crippen LogP contribution < -0.4 is 11.1 Å². The lowest BCUT2D eigenvalue weighted by Crippen LogP contribution is -2.24. The van der Waals surface area contributed by atoms with Crippen molar-refractivity contribution in [1.82, 2.24) is 20.3 Å². The van der Waals surface area contributed by atoms with Crippen molar-refractivity contribution in [2.24, 2.45) is 0 Å². The zero-order chi connectivity index (χ0) is 17.8. The highest BCUT2D eigenvalue weighted by Gasteiger charge is 2.17. The van der Waals surface area contributed by atoms with Gasteiger partial charge in [0.15, 0.2) is 11.5 Å². The molecule has 128 valence electrons. The van der Waals surface area contributed by atoms with E-state index in [2.05, 4.69) is 15.6 Å². The molecule has 0 aliphatic heterocycles. The van der Waals surface area contributed by atoms with Crippen LogP contribution >= 0.6 is 11.6 Å². The summed E-state index contributed by atoms with van der Waals surface area (Å²) in [6, 6.07) is 13.1. The van der Waals surface area contributed by atoms with E-state index < -0.39 is 5.91 Å². The minimum atomic E-state index is -0.452. The molecule has 0 radical (unpaired) electrons. The van der Waals surface area contributed by atoms with E-state index in [1.54, 1.807) is 18.2 Å². The van der Waals surface area contributed by atoms with Gasteiger partial charge in [-0.25, -0.2) is 9.07 Å². The summed E-state index contributed by atoms with van der Waals surface area (Å²) in [4.78, 5) is 12.2. The molecule has 0 aliphatic rings. The number of benzene rings is 2. The molecular weight excluding hydrogens is 345 g/mol. The molecule has 2 aromatic carbocycles. The summed E-state index contributed by atoms with van der Waals surface area (Å²) in [6.07, 6.45) is 0. The zero-order valence-electron chi connectivity index (χ0n) is 13.1. The Morgan fingerprint density at radius 1 is 1.20 bits per heavy atom. The monoisotopic (exact) mass is 359 g/mol. The second kappa shape index (κ2) is 7.31. The second-order valence-corrected chi connectivity index (χ2v) is 5.79. The number of nitrogens with one attached hydrogen (secondary N) is 1. The van der Waals surface area contributed by atoms with Gasteiger partial charge in [0.2, 0.25) is 0 Å². The summed E-state index contributed by atoms with van der Waals surface area (Å²) in [5.74, 6) is -0.634. The molecule has 6 nitrogen and oxygen atoms in total. The van der Waals surface area contributed by atoms with Crippen LogP contribution in [0.25, 0.3) is 0 Å². The van der Waals surface area contributed by atoms with Gasteiger partial charge in [0.1, 0.15) is 5.82 Å². The van der Waals surface area contributed by atoms with E-state index in [1.807, 2.05) is 18.2 Å². The van der Waals surface area contributed by atoms with Crippen molar-refractivity contribution in [1.29, 1.82) is 0 Å². The number of nitrogens with zero attached hydrogens (tertiary/aromatic N) is 3. The maximum atomic E-state index is 12.9. The summed E-state index contributed by atoms with van der Waals surface area (Å²) < 4.78 is 14.3. The van der Waals surface area contributed by atoms with Gasteiger partial charge in [-0.1, -0.05) is 47.1 Å². The number of carbonyl (C=O) groups excluding carboxylic acids is 1. The summed E-state index contributed by atoms with van der Waals surface area (Å²) in [5, 5.41) is 11.0. The maximum Gasteiger partial charge on any atom is 0.275 e. The van der Waals surface area contributed by atoms with Gasteiger partial charge in [-0.2, -0.15) is 0 Å². The molecule has 0 atom stereocenters. The van der Waals surface area contributed by atoms with Crippen molar-refractivity contribution in [3.63, 3.8) is 0 Å². The average Bonchev–Trinajstić information content (AvgIpc) is 2.97. The Bertz CT molecular complexity index is 894. The number of anilines is 1. The van der Waals surface area contributed by atoms with Crippen molar-refractivity contribution in [2.45, 2.75) is 13.1 Å². The van der Waals surface area contributed by atoms with Crippen LogP contribution in [0, 0.1) is 5.82 Å². The first-order valence-corrected chi connectivity index (χ1v) is 7.87. The van der Waals surface area contributed by atoms with Gasteiger partial charge >= 0.3 is 0 Å². The minimum Gasteiger partial charge on any atom is -0.382 e. The molecule has 1 aromatic heterocycles. The quantitative estimate of drug-likeness (QED) is 0.733. The molecule has 3 aromatic rings. The number of carbonyl (C=O) groups is 1. The fraction of sp³-hybridized carbons (Fsp3) is 0.118. The predicted octanol–water partition coefficient (Wildman–Crippen LogP) is 2.63. The fourth-order valence-electron chi connectivity index (χ4n) is 2.26. The lowest BCUT2D eigenvalue weighted by Gasteiger charge is -2.06. The standard InChI is InChI=1S/C17H15ClFN5O/c18-14-4-2-1-3-12(14)10-24-16(20)15(22-23-24)17(25)21-9-11-5-7-13(19)8-6-11/h1-8H,9-10,20H2,(H,21,25). The average molecular weight is 360 g/mol. The summed E-state index contributed by atoms with van der Waals surface area (Å²) in [5.41, 5.74) is 7.59. The van der Waals surface area contributed by atoms with Crippen LogP contribution in [-0.4, -0.2) is 20.9 Å². The van der Waals surface area contributed by atoms with E-state index in [0.717, 1.165) is 11.1 Å². The first-order chi connectivity index (χ1) is 12.0. The molecule has 0 unspecified atom stereocenters. The van der Waals surface area contributed by atoms with Gasteiger partial charge in [0.05, 0.1) is 6.54 Å². The predicted molar refractivity (Wildman–Crippen MR) is 92.6 cm³/mol. The molecule has 3 N–H and O–H groups in total. The van der Waals surface area contributed by atoms with Crippen LogP contribution in [-0.2, 0) is 13.1 Å². The number of rotatable bonds is 5. The fourth-order valence-corrected chi connectivity index (χ4v) is 2.45. The van der Waals surface area contributed by atoms with Crippen molar-refractivity contribution >= 4 is 23.3 Å². The van der Waals surface area contributed by atoms with Crippen LogP contribution in [0.15, 0.2) is 48.5 Å². The van der Waals surface area contributed by atoms with E-state index >= 15 is 0 Å². The number of nitrogens with two attached hydrogens (primary N) is 1. The molecule has 1 amide bonds. The normalized spacial score (nSPS) is 10.6. The molecule has 1 heterocycles. The number of halogens is 2. The third kappa shape index (κ3) is 3.95. The first-order valence-electron chi connectivity index (χ1n) is 7.49. The summed E-state index contributed by atoms with van der Waals surface area (Å²) in [7, 11) is 0. The van der Waals surface area contributed by atoms with Gasteiger partial charge in [-0.15, -0.1) is 5.10 Å². The van der Waals surface area contributed by atoms with Gasteiger partial charge in [0, 0.05) is 11.6 Å². The Morgan fingerprint density at radius 2 is 1.92 bits per heavy atom. The molecule has 0 aliphatic carbocycles. The lowest BCUT2D eigenvalue weighted by molar-refractivity contribution is 0.0946. The van der Waals surface area contributed by atoms with E-state index in [9.17, 15) is 9.18 Å². The Balaban J connectivity index is 1.68. The van der Waals surface area contributed by atoms with E-state index in [-0.39, 0.29) is 23.9 Å². The third-order valence-electron chi connectivity index (χ3n) is 3.63. The molecule has 8 heteroatoms. The van der Waals surface area contributed by atoms with Crippen LogP contribution in [0.2, 0.25) is 5.02 Å². The van der Waals surface area contributed by atoms with Gasteiger partial charge in [-0.05, 0) is 29.3 Å². The number of aromatic nitrogens is 3. The molecule has 0 fully saturated rings. The Hall–Kier alpha value is -2.93. The molecular formula is C17H15ClFN5O. The smallest absolute Gasteiger partial charge is 0.275 e. The van der Waals surface area contributed by atoms with Gasteiger partial charge < -0.3 is 11.1 Å². The van der Waals surface area contributed by atoms with Gasteiger partial charge in [-0.3, -0.25) is 4.79 Å². The van der Waals surface area contributed by atoms with Crippen molar-refractivity contribution in [3.05, 3.63) is 76.2 Å². The molecule has 0 saturated heterocycles. The number of amides is 1. The number of hydrogen-bond donors (Lipinski definition) is 2. The highest BCUT2D eigenvalue weighted by molar-refractivity contribution is 6.31. The second-order valence-electron chi connectivity index (χ2n) is 5.38.